The molecule has 1 saturated carbocycles. The van der Waals surface area contributed by atoms with Crippen molar-refractivity contribution in [2.24, 2.45) is 10.9 Å². The van der Waals surface area contributed by atoms with Gasteiger partial charge in [0.2, 0.25) is 5.91 Å². The van der Waals surface area contributed by atoms with Crippen molar-refractivity contribution in [3.05, 3.63) is 0 Å². The van der Waals surface area contributed by atoms with E-state index in [0.29, 0.717) is 6.42 Å². The first-order chi connectivity index (χ1) is 9.69. The van der Waals surface area contributed by atoms with Crippen LogP contribution in [0.2, 0.25) is 0 Å². The van der Waals surface area contributed by atoms with Gasteiger partial charge < -0.3 is 15.8 Å². The summed E-state index contributed by atoms with van der Waals surface area (Å²) in [7, 11) is 0. The number of rotatable bonds is 9. The lowest BCUT2D eigenvalue weighted by Gasteiger charge is -2.28. The second-order valence-electron chi connectivity index (χ2n) is 5.72. The quantitative estimate of drug-likeness (QED) is 0.224. The molecule has 0 spiro atoms. The van der Waals surface area contributed by atoms with E-state index in [0.717, 1.165) is 25.7 Å². The molecule has 20 heavy (non-hydrogen) atoms. The number of oxime groups is 1. The van der Waals surface area contributed by atoms with Crippen LogP contribution in [0.25, 0.3) is 0 Å². The monoisotopic (exact) mass is 283 g/mol. The molecule has 1 rings (SSSR count). The van der Waals surface area contributed by atoms with Gasteiger partial charge in [0.15, 0.2) is 5.84 Å². The average Bonchev–Trinajstić information content (AvgIpc) is 2.97. The van der Waals surface area contributed by atoms with Crippen molar-refractivity contribution in [3.8, 4) is 0 Å². The molecular weight excluding hydrogens is 254 g/mol. The van der Waals surface area contributed by atoms with Crippen molar-refractivity contribution in [3.63, 3.8) is 0 Å². The number of nitrogens with zero attached hydrogens (tertiary/aromatic N) is 2. The van der Waals surface area contributed by atoms with Crippen LogP contribution in [0.1, 0.15) is 71.1 Å². The molecule has 1 aliphatic carbocycles. The highest BCUT2D eigenvalue weighted by molar-refractivity contribution is 5.87. The summed E-state index contributed by atoms with van der Waals surface area (Å²) < 4.78 is 0. The average molecular weight is 283 g/mol. The molecule has 0 aromatic heterocycles. The zero-order valence-electron chi connectivity index (χ0n) is 12.7. The van der Waals surface area contributed by atoms with Crippen molar-refractivity contribution < 1.29 is 10.0 Å². The van der Waals surface area contributed by atoms with Gasteiger partial charge in [-0.2, -0.15) is 0 Å². The summed E-state index contributed by atoms with van der Waals surface area (Å²) in [6.45, 7) is 2.44. The van der Waals surface area contributed by atoms with Crippen LogP contribution in [0.15, 0.2) is 5.16 Å². The van der Waals surface area contributed by atoms with E-state index in [9.17, 15) is 4.79 Å². The van der Waals surface area contributed by atoms with Crippen LogP contribution < -0.4 is 5.73 Å². The SMILES string of the molecule is CCCCCCCC(=O)N(CC(N)=NO)C1CCCC1. The second-order valence-corrected chi connectivity index (χ2v) is 5.72. The zero-order chi connectivity index (χ0) is 14.8. The molecule has 0 aliphatic heterocycles. The third kappa shape index (κ3) is 5.80. The maximum atomic E-state index is 12.3. The molecule has 0 bridgehead atoms. The summed E-state index contributed by atoms with van der Waals surface area (Å²) in [5, 5.41) is 11.7. The van der Waals surface area contributed by atoms with E-state index in [1.54, 1.807) is 0 Å². The van der Waals surface area contributed by atoms with E-state index < -0.39 is 0 Å². The highest BCUT2D eigenvalue weighted by Gasteiger charge is 2.26. The Morgan fingerprint density at radius 1 is 1.25 bits per heavy atom. The van der Waals surface area contributed by atoms with E-state index in [1.807, 2.05) is 4.90 Å². The summed E-state index contributed by atoms with van der Waals surface area (Å²) >= 11 is 0. The largest absolute Gasteiger partial charge is 0.409 e. The molecular formula is C15H29N3O2. The Kier molecular flexibility index (Phi) is 8.07. The molecule has 0 aromatic carbocycles. The highest BCUT2D eigenvalue weighted by Crippen LogP contribution is 2.24. The lowest BCUT2D eigenvalue weighted by atomic mass is 10.1. The smallest absolute Gasteiger partial charge is 0.223 e. The maximum Gasteiger partial charge on any atom is 0.223 e. The number of amides is 1. The van der Waals surface area contributed by atoms with Crippen LogP contribution in [0.5, 0.6) is 0 Å². The van der Waals surface area contributed by atoms with Crippen LogP contribution in [-0.4, -0.2) is 34.4 Å². The molecule has 0 atom stereocenters. The van der Waals surface area contributed by atoms with Crippen molar-refractivity contribution >= 4 is 11.7 Å². The van der Waals surface area contributed by atoms with Crippen molar-refractivity contribution in [2.75, 3.05) is 6.54 Å². The molecule has 1 fully saturated rings. The molecule has 1 aliphatic rings. The summed E-state index contributed by atoms with van der Waals surface area (Å²) in [6, 6.07) is 0.276. The predicted molar refractivity (Wildman–Crippen MR) is 80.8 cm³/mol. The van der Waals surface area contributed by atoms with Gasteiger partial charge in [0.25, 0.3) is 0 Å². The van der Waals surface area contributed by atoms with E-state index in [2.05, 4.69) is 12.1 Å². The molecule has 0 saturated heterocycles. The molecule has 0 heterocycles. The number of unbranched alkanes of at least 4 members (excludes halogenated alkanes) is 4. The van der Waals surface area contributed by atoms with Crippen LogP contribution in [-0.2, 0) is 4.79 Å². The number of amidine groups is 1. The minimum Gasteiger partial charge on any atom is -0.409 e. The molecule has 3 N–H and O–H groups in total. The third-order valence-corrected chi connectivity index (χ3v) is 4.04. The summed E-state index contributed by atoms with van der Waals surface area (Å²) in [5.41, 5.74) is 5.58. The first kappa shape index (κ1) is 16.8. The Balaban J connectivity index is 2.42. The minimum absolute atomic E-state index is 0.122. The summed E-state index contributed by atoms with van der Waals surface area (Å²) in [6.07, 6.45) is 10.7. The lowest BCUT2D eigenvalue weighted by Crippen LogP contribution is -2.44. The van der Waals surface area contributed by atoms with Crippen LogP contribution in [0.3, 0.4) is 0 Å². The molecule has 0 radical (unpaired) electrons. The third-order valence-electron chi connectivity index (χ3n) is 4.04. The summed E-state index contributed by atoms with van der Waals surface area (Å²) in [5.74, 6) is 0.274. The van der Waals surface area contributed by atoms with Gasteiger partial charge >= 0.3 is 0 Å². The molecule has 0 aromatic rings. The van der Waals surface area contributed by atoms with Gasteiger partial charge in [0.1, 0.15) is 0 Å². The molecule has 5 nitrogen and oxygen atoms in total. The van der Waals surface area contributed by atoms with Gasteiger partial charge in [-0.3, -0.25) is 4.79 Å². The number of carbonyl (C=O) groups excluding carboxylic acids is 1. The molecule has 1 amide bonds. The fourth-order valence-electron chi connectivity index (χ4n) is 2.87. The van der Waals surface area contributed by atoms with E-state index in [1.165, 1.54) is 32.1 Å². The van der Waals surface area contributed by atoms with Crippen LogP contribution in [0, 0.1) is 0 Å². The number of carbonyl (C=O) groups is 1. The lowest BCUT2D eigenvalue weighted by molar-refractivity contribution is -0.132. The van der Waals surface area contributed by atoms with Crippen molar-refractivity contribution in [2.45, 2.75) is 77.2 Å². The first-order valence-corrected chi connectivity index (χ1v) is 7.95. The second kappa shape index (κ2) is 9.61. The standard InChI is InChI=1S/C15H29N3O2/c1-2-3-4-5-6-11-15(19)18(12-14(16)17-20)13-9-7-8-10-13/h13,20H,2-12H2,1H3,(H2,16,17). The van der Waals surface area contributed by atoms with E-state index >= 15 is 0 Å². The Hall–Kier alpha value is -1.26. The predicted octanol–water partition coefficient (Wildman–Crippen LogP) is 2.86. The Bertz CT molecular complexity index is 312. The van der Waals surface area contributed by atoms with E-state index in [4.69, 9.17) is 10.9 Å². The van der Waals surface area contributed by atoms with Gasteiger partial charge in [0.05, 0.1) is 6.54 Å². The molecule has 0 unspecified atom stereocenters. The minimum atomic E-state index is 0.122. The maximum absolute atomic E-state index is 12.3. The topological polar surface area (TPSA) is 78.9 Å². The normalized spacial score (nSPS) is 16.6. The summed E-state index contributed by atoms with van der Waals surface area (Å²) in [4.78, 5) is 14.2. The van der Waals surface area contributed by atoms with Gasteiger partial charge in [-0.15, -0.1) is 0 Å². The number of hydrogen-bond donors (Lipinski definition) is 2. The fourth-order valence-corrected chi connectivity index (χ4v) is 2.87. The van der Waals surface area contributed by atoms with Crippen LogP contribution >= 0.6 is 0 Å². The van der Waals surface area contributed by atoms with Gasteiger partial charge in [-0.1, -0.05) is 50.6 Å². The van der Waals surface area contributed by atoms with Crippen molar-refractivity contribution in [1.29, 1.82) is 0 Å². The Morgan fingerprint density at radius 3 is 2.50 bits per heavy atom. The Labute approximate surface area is 122 Å². The van der Waals surface area contributed by atoms with Crippen LogP contribution in [0.4, 0.5) is 0 Å². The molecule has 5 heteroatoms. The van der Waals surface area contributed by atoms with E-state index in [-0.39, 0.29) is 24.3 Å². The number of nitrogens with two attached hydrogens (primary N) is 1. The van der Waals surface area contributed by atoms with Gasteiger partial charge in [-0.25, -0.2) is 0 Å². The molecule has 116 valence electrons. The Morgan fingerprint density at radius 2 is 1.90 bits per heavy atom. The first-order valence-electron chi connectivity index (χ1n) is 7.95. The highest BCUT2D eigenvalue weighted by atomic mass is 16.4. The zero-order valence-corrected chi connectivity index (χ0v) is 12.7. The van der Waals surface area contributed by atoms with Gasteiger partial charge in [0, 0.05) is 12.5 Å². The van der Waals surface area contributed by atoms with Gasteiger partial charge in [-0.05, 0) is 19.3 Å². The number of hydrogen-bond acceptors (Lipinski definition) is 3. The van der Waals surface area contributed by atoms with Crippen molar-refractivity contribution in [1.82, 2.24) is 4.90 Å². The fraction of sp³-hybridized carbons (Fsp3) is 0.867.